The summed E-state index contributed by atoms with van der Waals surface area (Å²) in [5, 5.41) is 2.98. The molecule has 0 aliphatic heterocycles. The number of rotatable bonds is 4. The molecule has 0 rings (SSSR count). The zero-order chi connectivity index (χ0) is 7.66. The molecule has 0 spiro atoms. The van der Waals surface area contributed by atoms with Gasteiger partial charge in [0.15, 0.2) is 0 Å². The summed E-state index contributed by atoms with van der Waals surface area (Å²) in [5.74, 6) is 6.14. The summed E-state index contributed by atoms with van der Waals surface area (Å²) >= 11 is 0. The monoisotopic (exact) mass is 139 g/mol. The van der Waals surface area contributed by atoms with Gasteiger partial charge in [-0.3, -0.25) is 0 Å². The van der Waals surface area contributed by atoms with Crippen LogP contribution in [0.3, 0.4) is 0 Å². The van der Waals surface area contributed by atoms with Crippen molar-refractivity contribution in [3.05, 3.63) is 0 Å². The number of nitrogens with one attached hydrogen (secondary N) is 1. The van der Waals surface area contributed by atoms with E-state index in [1.165, 1.54) is 19.3 Å². The van der Waals surface area contributed by atoms with Crippen LogP contribution in [0.15, 0.2) is 0 Å². The summed E-state index contributed by atoms with van der Waals surface area (Å²) in [5.41, 5.74) is 0. The van der Waals surface area contributed by atoms with Crippen molar-refractivity contribution in [1.82, 2.24) is 5.32 Å². The molecular weight excluding hydrogens is 122 g/mol. The summed E-state index contributed by atoms with van der Waals surface area (Å²) in [6, 6.07) is 0. The normalized spacial score (nSPS) is 8.60. The van der Waals surface area contributed by atoms with Crippen LogP contribution in [-0.2, 0) is 0 Å². The van der Waals surface area contributed by atoms with Gasteiger partial charge in [-0.2, -0.15) is 0 Å². The van der Waals surface area contributed by atoms with Crippen molar-refractivity contribution in [2.75, 3.05) is 13.6 Å². The van der Waals surface area contributed by atoms with E-state index in [1.807, 2.05) is 7.05 Å². The zero-order valence-electron chi connectivity index (χ0n) is 7.04. The molecule has 0 aromatic rings. The predicted octanol–water partition coefficient (Wildman–Crippen LogP) is 1.79. The Bertz CT molecular complexity index is 108. The summed E-state index contributed by atoms with van der Waals surface area (Å²) in [4.78, 5) is 0. The van der Waals surface area contributed by atoms with Crippen molar-refractivity contribution in [1.29, 1.82) is 0 Å². The molecular formula is C9H17N. The van der Waals surface area contributed by atoms with Gasteiger partial charge < -0.3 is 5.32 Å². The second-order valence-corrected chi connectivity index (χ2v) is 2.34. The highest BCUT2D eigenvalue weighted by Crippen LogP contribution is 1.96. The molecule has 0 unspecified atom stereocenters. The molecule has 58 valence electrons. The number of unbranched alkanes of at least 4 members (excludes halogenated alkanes) is 3. The van der Waals surface area contributed by atoms with Crippen LogP contribution in [0.5, 0.6) is 0 Å². The zero-order valence-corrected chi connectivity index (χ0v) is 7.04. The second-order valence-electron chi connectivity index (χ2n) is 2.34. The molecule has 0 radical (unpaired) electrons. The maximum Gasteiger partial charge on any atom is 0.0574 e. The molecule has 0 aliphatic rings. The Labute approximate surface area is 64.2 Å². The van der Waals surface area contributed by atoms with Gasteiger partial charge in [0.1, 0.15) is 0 Å². The molecule has 0 heterocycles. The van der Waals surface area contributed by atoms with E-state index in [9.17, 15) is 0 Å². The van der Waals surface area contributed by atoms with Gasteiger partial charge in [-0.05, 0) is 13.5 Å². The predicted molar refractivity (Wildman–Crippen MR) is 45.8 cm³/mol. The molecule has 1 heteroatoms. The molecule has 0 aliphatic carbocycles. The highest BCUT2D eigenvalue weighted by molar-refractivity contribution is 5.00. The first kappa shape index (κ1) is 9.52. The molecule has 0 saturated heterocycles. The topological polar surface area (TPSA) is 12.0 Å². The summed E-state index contributed by atoms with van der Waals surface area (Å²) in [6.45, 7) is 3.03. The third-order valence-corrected chi connectivity index (χ3v) is 1.30. The van der Waals surface area contributed by atoms with Crippen molar-refractivity contribution in [3.8, 4) is 11.8 Å². The van der Waals surface area contributed by atoms with Gasteiger partial charge in [0.25, 0.3) is 0 Å². The van der Waals surface area contributed by atoms with E-state index >= 15 is 0 Å². The standard InChI is InChI=1S/C9H17N/c1-3-4-5-6-7-8-9-10-2/h10H,3-6,9H2,1-2H3. The number of hydrogen-bond acceptors (Lipinski definition) is 1. The van der Waals surface area contributed by atoms with Crippen molar-refractivity contribution in [2.24, 2.45) is 0 Å². The Morgan fingerprint density at radius 1 is 1.20 bits per heavy atom. The molecule has 0 aromatic heterocycles. The van der Waals surface area contributed by atoms with Crippen molar-refractivity contribution in [3.63, 3.8) is 0 Å². The van der Waals surface area contributed by atoms with E-state index in [0.717, 1.165) is 13.0 Å². The molecule has 0 bridgehead atoms. The molecule has 0 atom stereocenters. The Morgan fingerprint density at radius 2 is 2.00 bits per heavy atom. The van der Waals surface area contributed by atoms with E-state index < -0.39 is 0 Å². The quantitative estimate of drug-likeness (QED) is 0.462. The lowest BCUT2D eigenvalue weighted by Gasteiger charge is -1.88. The fraction of sp³-hybridized carbons (Fsp3) is 0.778. The fourth-order valence-electron chi connectivity index (χ4n) is 0.703. The molecule has 1 N–H and O–H groups in total. The summed E-state index contributed by atoms with van der Waals surface area (Å²) < 4.78 is 0. The lowest BCUT2D eigenvalue weighted by Crippen LogP contribution is -2.04. The third-order valence-electron chi connectivity index (χ3n) is 1.30. The van der Waals surface area contributed by atoms with Crippen LogP contribution in [-0.4, -0.2) is 13.6 Å². The molecule has 0 aromatic carbocycles. The van der Waals surface area contributed by atoms with E-state index in [0.29, 0.717) is 0 Å². The van der Waals surface area contributed by atoms with Crippen molar-refractivity contribution >= 4 is 0 Å². The summed E-state index contributed by atoms with van der Waals surface area (Å²) in [7, 11) is 1.92. The van der Waals surface area contributed by atoms with Crippen LogP contribution in [0.25, 0.3) is 0 Å². The van der Waals surface area contributed by atoms with Gasteiger partial charge in [0.05, 0.1) is 6.54 Å². The lowest BCUT2D eigenvalue weighted by atomic mass is 10.2. The first-order valence-corrected chi connectivity index (χ1v) is 4.02. The second kappa shape index (κ2) is 8.52. The van der Waals surface area contributed by atoms with E-state index in [4.69, 9.17) is 0 Å². The van der Waals surface area contributed by atoms with Gasteiger partial charge >= 0.3 is 0 Å². The largest absolute Gasteiger partial charge is 0.309 e. The Kier molecular flexibility index (Phi) is 8.11. The first-order chi connectivity index (χ1) is 4.91. The lowest BCUT2D eigenvalue weighted by molar-refractivity contribution is 0.737. The van der Waals surface area contributed by atoms with Crippen LogP contribution >= 0.6 is 0 Å². The van der Waals surface area contributed by atoms with Crippen LogP contribution in [0.2, 0.25) is 0 Å². The maximum absolute atomic E-state index is 3.11. The Hall–Kier alpha value is -0.480. The molecule has 1 nitrogen and oxygen atoms in total. The van der Waals surface area contributed by atoms with Crippen molar-refractivity contribution in [2.45, 2.75) is 32.6 Å². The minimum Gasteiger partial charge on any atom is -0.309 e. The third kappa shape index (κ3) is 7.52. The van der Waals surface area contributed by atoms with Crippen molar-refractivity contribution < 1.29 is 0 Å². The SMILES string of the molecule is CCCCCC#CCNC. The van der Waals surface area contributed by atoms with Gasteiger partial charge in [0.2, 0.25) is 0 Å². The molecule has 0 amide bonds. The van der Waals surface area contributed by atoms with Gasteiger partial charge in [-0.15, -0.1) is 5.92 Å². The summed E-state index contributed by atoms with van der Waals surface area (Å²) in [6.07, 6.45) is 4.92. The van der Waals surface area contributed by atoms with Gasteiger partial charge in [-0.25, -0.2) is 0 Å². The van der Waals surface area contributed by atoms with E-state index in [1.54, 1.807) is 0 Å². The minimum absolute atomic E-state index is 0.826. The first-order valence-electron chi connectivity index (χ1n) is 4.02. The van der Waals surface area contributed by atoms with E-state index in [-0.39, 0.29) is 0 Å². The van der Waals surface area contributed by atoms with E-state index in [2.05, 4.69) is 24.1 Å². The van der Waals surface area contributed by atoms with Crippen LogP contribution in [0, 0.1) is 11.8 Å². The molecule has 0 saturated carbocycles. The van der Waals surface area contributed by atoms with Crippen LogP contribution in [0.4, 0.5) is 0 Å². The Morgan fingerprint density at radius 3 is 2.60 bits per heavy atom. The van der Waals surface area contributed by atoms with Crippen LogP contribution < -0.4 is 5.32 Å². The molecule has 10 heavy (non-hydrogen) atoms. The van der Waals surface area contributed by atoms with Gasteiger partial charge in [0, 0.05) is 6.42 Å². The average Bonchev–Trinajstić information content (AvgIpc) is 1.97. The minimum atomic E-state index is 0.826. The average molecular weight is 139 g/mol. The maximum atomic E-state index is 3.11. The number of hydrogen-bond donors (Lipinski definition) is 1. The highest BCUT2D eigenvalue weighted by atomic mass is 14.8. The van der Waals surface area contributed by atoms with Crippen LogP contribution in [0.1, 0.15) is 32.6 Å². The molecule has 0 fully saturated rings. The highest BCUT2D eigenvalue weighted by Gasteiger charge is 1.79. The van der Waals surface area contributed by atoms with Gasteiger partial charge in [-0.1, -0.05) is 25.7 Å². The smallest absolute Gasteiger partial charge is 0.0574 e. The fourth-order valence-corrected chi connectivity index (χ4v) is 0.703. The Balaban J connectivity index is 2.96.